The Hall–Kier alpha value is -1.04. The van der Waals surface area contributed by atoms with Gasteiger partial charge in [0.25, 0.3) is 15.9 Å². The van der Waals surface area contributed by atoms with Crippen molar-refractivity contribution in [2.75, 3.05) is 12.4 Å². The van der Waals surface area contributed by atoms with E-state index in [1.54, 1.807) is 12.1 Å². The Morgan fingerprint density at radius 3 is 2.61 bits per heavy atom. The summed E-state index contributed by atoms with van der Waals surface area (Å²) in [5.74, 6) is -0.403. The first kappa shape index (κ1) is 13.4. The quantitative estimate of drug-likeness (QED) is 0.804. The van der Waals surface area contributed by atoms with Crippen molar-refractivity contribution in [3.63, 3.8) is 0 Å². The fraction of sp³-hybridized carbons (Fsp3) is 0.182. The molecule has 0 aliphatic carbocycles. The van der Waals surface area contributed by atoms with E-state index >= 15 is 0 Å². The lowest BCUT2D eigenvalue weighted by molar-refractivity contribution is 0.0880. The predicted molar refractivity (Wildman–Crippen MR) is 69.3 cm³/mol. The fourth-order valence-electron chi connectivity index (χ4n) is 1.67. The molecule has 1 heterocycles. The van der Waals surface area contributed by atoms with Crippen molar-refractivity contribution >= 4 is 39.1 Å². The summed E-state index contributed by atoms with van der Waals surface area (Å²) in [5.41, 5.74) is 0.174. The average molecular weight is 306 g/mol. The van der Waals surface area contributed by atoms with Crippen LogP contribution in [0.3, 0.4) is 0 Å². The van der Waals surface area contributed by atoms with Gasteiger partial charge >= 0.3 is 0 Å². The molecule has 2 rings (SSSR count). The molecule has 96 valence electrons. The molecular formula is C11H9Cl2NO3S. The number of halogens is 2. The van der Waals surface area contributed by atoms with Crippen LogP contribution < -0.4 is 0 Å². The van der Waals surface area contributed by atoms with Crippen LogP contribution in [0.25, 0.3) is 0 Å². The van der Waals surface area contributed by atoms with Gasteiger partial charge in [-0.1, -0.05) is 29.8 Å². The summed E-state index contributed by atoms with van der Waals surface area (Å²) in [7, 11) is -3.79. The van der Waals surface area contributed by atoms with Crippen LogP contribution in [0.15, 0.2) is 40.3 Å². The van der Waals surface area contributed by atoms with Crippen molar-refractivity contribution in [3.8, 4) is 0 Å². The maximum Gasteiger partial charge on any atom is 0.269 e. The monoisotopic (exact) mass is 305 g/mol. The molecule has 4 nitrogen and oxygen atoms in total. The number of hydrogen-bond donors (Lipinski definition) is 0. The van der Waals surface area contributed by atoms with E-state index in [0.717, 1.165) is 4.31 Å². The number of carbonyl (C=O) groups is 1. The van der Waals surface area contributed by atoms with Gasteiger partial charge in [0.15, 0.2) is 0 Å². The Morgan fingerprint density at radius 1 is 1.33 bits per heavy atom. The van der Waals surface area contributed by atoms with Crippen LogP contribution in [0.4, 0.5) is 0 Å². The van der Waals surface area contributed by atoms with Gasteiger partial charge in [0.2, 0.25) is 0 Å². The van der Waals surface area contributed by atoms with Crippen molar-refractivity contribution in [2.45, 2.75) is 4.90 Å². The maximum absolute atomic E-state index is 12.1. The normalized spacial score (nSPS) is 18.0. The molecule has 7 heteroatoms. The highest BCUT2D eigenvalue weighted by atomic mass is 35.5. The molecule has 0 bridgehead atoms. The maximum atomic E-state index is 12.1. The Bertz CT molecular complexity index is 625. The summed E-state index contributed by atoms with van der Waals surface area (Å²) in [6.07, 6.45) is 1.45. The van der Waals surface area contributed by atoms with Gasteiger partial charge in [-0.3, -0.25) is 4.79 Å². The molecule has 0 N–H and O–H groups in total. The third kappa shape index (κ3) is 2.13. The zero-order chi connectivity index (χ0) is 13.3. The van der Waals surface area contributed by atoms with Crippen LogP contribution in [0, 0.1) is 0 Å². The molecule has 0 unspecified atom stereocenters. The molecule has 1 aromatic rings. The molecule has 0 saturated heterocycles. The first-order chi connectivity index (χ1) is 8.48. The van der Waals surface area contributed by atoms with Gasteiger partial charge in [-0.05, 0) is 12.1 Å². The molecule has 0 saturated carbocycles. The van der Waals surface area contributed by atoms with Crippen molar-refractivity contribution in [1.82, 2.24) is 4.31 Å². The van der Waals surface area contributed by atoms with E-state index in [1.165, 1.54) is 18.2 Å². The first-order valence-electron chi connectivity index (χ1n) is 5.05. The van der Waals surface area contributed by atoms with Crippen molar-refractivity contribution < 1.29 is 13.2 Å². The van der Waals surface area contributed by atoms with Crippen molar-refractivity contribution in [1.29, 1.82) is 0 Å². The zero-order valence-corrected chi connectivity index (χ0v) is 11.5. The largest absolute Gasteiger partial charge is 0.269 e. The lowest BCUT2D eigenvalue weighted by Crippen LogP contribution is -2.31. The Kier molecular flexibility index (Phi) is 3.66. The third-order valence-electron chi connectivity index (χ3n) is 2.51. The Morgan fingerprint density at radius 2 is 2.00 bits per heavy atom. The highest BCUT2D eigenvalue weighted by Crippen LogP contribution is 2.30. The van der Waals surface area contributed by atoms with Gasteiger partial charge in [-0.15, -0.1) is 11.6 Å². The summed E-state index contributed by atoms with van der Waals surface area (Å²) in [4.78, 5) is 12.0. The summed E-state index contributed by atoms with van der Waals surface area (Å²) >= 11 is 11.3. The number of amides is 1. The molecule has 1 aliphatic rings. The van der Waals surface area contributed by atoms with Crippen LogP contribution in [-0.2, 0) is 10.0 Å². The molecule has 0 atom stereocenters. The number of nitrogens with zero attached hydrogens (tertiary/aromatic N) is 1. The smallest absolute Gasteiger partial charge is 0.268 e. The van der Waals surface area contributed by atoms with E-state index in [-0.39, 0.29) is 27.9 Å². The van der Waals surface area contributed by atoms with E-state index in [2.05, 4.69) is 0 Å². The predicted octanol–water partition coefficient (Wildman–Crippen LogP) is 2.19. The van der Waals surface area contributed by atoms with Gasteiger partial charge in [0.1, 0.15) is 4.90 Å². The van der Waals surface area contributed by atoms with E-state index in [0.29, 0.717) is 0 Å². The molecule has 0 fully saturated rings. The van der Waals surface area contributed by atoms with E-state index < -0.39 is 15.9 Å². The summed E-state index contributed by atoms with van der Waals surface area (Å²) in [6, 6.07) is 6.07. The van der Waals surface area contributed by atoms with E-state index in [1.807, 2.05) is 0 Å². The molecule has 0 spiro atoms. The lowest BCUT2D eigenvalue weighted by atomic mass is 10.2. The van der Waals surface area contributed by atoms with Crippen LogP contribution in [0.2, 0.25) is 0 Å². The van der Waals surface area contributed by atoms with Crippen molar-refractivity contribution in [2.24, 2.45) is 0 Å². The van der Waals surface area contributed by atoms with Gasteiger partial charge in [-0.2, -0.15) is 0 Å². The third-order valence-corrected chi connectivity index (χ3v) is 4.72. The Balaban J connectivity index is 2.43. The molecular weight excluding hydrogens is 297 g/mol. The van der Waals surface area contributed by atoms with Crippen LogP contribution in [-0.4, -0.2) is 31.1 Å². The minimum Gasteiger partial charge on any atom is -0.268 e. The lowest BCUT2D eigenvalue weighted by Gasteiger charge is -2.14. The molecule has 1 amide bonds. The molecule has 0 aromatic heterocycles. The van der Waals surface area contributed by atoms with Gasteiger partial charge in [-0.25, -0.2) is 12.7 Å². The topological polar surface area (TPSA) is 54.5 Å². The molecule has 1 aliphatic heterocycles. The number of fused-ring (bicyclic) bond motifs is 1. The van der Waals surface area contributed by atoms with Gasteiger partial charge in [0.05, 0.1) is 12.1 Å². The standard InChI is InChI=1S/C11H9Cl2NO3S/c12-6-5-8(13)7-14-11(15)9-3-1-2-4-10(9)18(14,16)17/h1-5H,6-7H2/b8-5-. The fourth-order valence-corrected chi connectivity index (χ4v) is 3.75. The second-order valence-electron chi connectivity index (χ2n) is 3.62. The average Bonchev–Trinajstić information content (AvgIpc) is 2.52. The van der Waals surface area contributed by atoms with Crippen LogP contribution >= 0.6 is 23.2 Å². The minimum atomic E-state index is -3.79. The van der Waals surface area contributed by atoms with Gasteiger partial charge in [0, 0.05) is 10.9 Å². The second-order valence-corrected chi connectivity index (χ2v) is 6.24. The van der Waals surface area contributed by atoms with Crippen LogP contribution in [0.1, 0.15) is 10.4 Å². The summed E-state index contributed by atoms with van der Waals surface area (Å²) in [6.45, 7) is -0.190. The molecule has 1 aromatic carbocycles. The van der Waals surface area contributed by atoms with Crippen LogP contribution in [0.5, 0.6) is 0 Å². The summed E-state index contributed by atoms with van der Waals surface area (Å²) < 4.78 is 25.0. The van der Waals surface area contributed by atoms with E-state index in [4.69, 9.17) is 23.2 Å². The van der Waals surface area contributed by atoms with Crippen molar-refractivity contribution in [3.05, 3.63) is 40.9 Å². The number of rotatable bonds is 3. The van der Waals surface area contributed by atoms with E-state index in [9.17, 15) is 13.2 Å². The highest BCUT2D eigenvalue weighted by Gasteiger charge is 2.40. The number of benzene rings is 1. The highest BCUT2D eigenvalue weighted by molar-refractivity contribution is 7.90. The second kappa shape index (κ2) is 4.91. The number of allylic oxidation sites excluding steroid dienone is 1. The number of alkyl halides is 1. The zero-order valence-electron chi connectivity index (χ0n) is 9.14. The first-order valence-corrected chi connectivity index (χ1v) is 7.40. The number of carbonyl (C=O) groups excluding carboxylic acids is 1. The minimum absolute atomic E-state index is 0.0188. The molecule has 0 radical (unpaired) electrons. The Labute approximate surface area is 115 Å². The SMILES string of the molecule is O=C1c2ccccc2S(=O)(=O)N1C/C(Cl)=C/CCl. The molecule has 18 heavy (non-hydrogen) atoms. The number of sulfonamides is 1. The number of hydrogen-bond acceptors (Lipinski definition) is 3. The summed E-state index contributed by atoms with van der Waals surface area (Å²) in [5, 5.41) is 0.217. The van der Waals surface area contributed by atoms with Gasteiger partial charge < -0.3 is 0 Å².